The molecule has 0 amide bonds. The SMILES string of the molecule is CC1=C(C(=O)OC2CCCC2)[C@H](c2ccc(C(F)(F)F)cc2)C2=C(C[C@H](c3cccs3)CC2=O)N1. The summed E-state index contributed by atoms with van der Waals surface area (Å²) in [6.07, 6.45) is -0.164. The van der Waals surface area contributed by atoms with Crippen LogP contribution in [0, 0.1) is 0 Å². The average Bonchev–Trinajstić information content (AvgIpc) is 3.52. The summed E-state index contributed by atoms with van der Waals surface area (Å²) >= 11 is 1.60. The second kappa shape index (κ2) is 9.30. The van der Waals surface area contributed by atoms with E-state index in [0.717, 1.165) is 48.4 Å². The average molecular weight is 502 g/mol. The Bertz CT molecular complexity index is 1190. The van der Waals surface area contributed by atoms with Gasteiger partial charge in [0.15, 0.2) is 5.78 Å². The van der Waals surface area contributed by atoms with Crippen LogP contribution in [-0.4, -0.2) is 17.9 Å². The van der Waals surface area contributed by atoms with Crippen molar-refractivity contribution in [3.63, 3.8) is 0 Å². The van der Waals surface area contributed by atoms with E-state index in [9.17, 15) is 22.8 Å². The fourth-order valence-corrected chi connectivity index (χ4v) is 6.28. The molecule has 1 aromatic carbocycles. The molecule has 0 radical (unpaired) electrons. The van der Waals surface area contributed by atoms with E-state index in [1.807, 2.05) is 17.5 Å². The van der Waals surface area contributed by atoms with E-state index in [2.05, 4.69) is 5.32 Å². The Labute approximate surface area is 205 Å². The van der Waals surface area contributed by atoms with Gasteiger partial charge in [-0.25, -0.2) is 4.79 Å². The number of carbonyl (C=O) groups excluding carboxylic acids is 2. The van der Waals surface area contributed by atoms with Gasteiger partial charge in [-0.05, 0) is 68.2 Å². The Morgan fingerprint density at radius 2 is 1.80 bits per heavy atom. The monoisotopic (exact) mass is 501 g/mol. The highest BCUT2D eigenvalue weighted by Crippen LogP contribution is 2.47. The highest BCUT2D eigenvalue weighted by Gasteiger charge is 2.42. The molecule has 5 rings (SSSR count). The number of carbonyl (C=O) groups is 2. The maximum atomic E-state index is 13.5. The Kier molecular flexibility index (Phi) is 6.34. The molecule has 8 heteroatoms. The molecule has 2 aliphatic carbocycles. The minimum absolute atomic E-state index is 0.0294. The van der Waals surface area contributed by atoms with E-state index in [1.165, 1.54) is 12.1 Å². The smallest absolute Gasteiger partial charge is 0.416 e. The second-order valence-electron chi connectivity index (χ2n) is 9.46. The predicted octanol–water partition coefficient (Wildman–Crippen LogP) is 6.61. The molecule has 0 saturated heterocycles. The van der Waals surface area contributed by atoms with Gasteiger partial charge in [-0.15, -0.1) is 11.3 Å². The van der Waals surface area contributed by atoms with E-state index in [1.54, 1.807) is 18.3 Å². The topological polar surface area (TPSA) is 55.4 Å². The molecule has 3 aliphatic rings. The number of ether oxygens (including phenoxy) is 1. The van der Waals surface area contributed by atoms with Crippen molar-refractivity contribution in [1.29, 1.82) is 0 Å². The number of halogens is 3. The minimum Gasteiger partial charge on any atom is -0.459 e. The lowest BCUT2D eigenvalue weighted by Crippen LogP contribution is -2.36. The first-order valence-electron chi connectivity index (χ1n) is 11.9. The normalized spacial score (nSPS) is 23.4. The van der Waals surface area contributed by atoms with Crippen LogP contribution in [0.25, 0.3) is 0 Å². The summed E-state index contributed by atoms with van der Waals surface area (Å²) in [6.45, 7) is 1.77. The summed E-state index contributed by atoms with van der Waals surface area (Å²) in [5.41, 5.74) is 1.79. The highest BCUT2D eigenvalue weighted by molar-refractivity contribution is 7.10. The van der Waals surface area contributed by atoms with Crippen molar-refractivity contribution >= 4 is 23.1 Å². The number of alkyl halides is 3. The minimum atomic E-state index is -4.47. The van der Waals surface area contributed by atoms with Crippen molar-refractivity contribution in [2.45, 2.75) is 69.6 Å². The van der Waals surface area contributed by atoms with E-state index >= 15 is 0 Å². The van der Waals surface area contributed by atoms with Crippen LogP contribution in [0.1, 0.15) is 73.3 Å². The van der Waals surface area contributed by atoms with Crippen molar-refractivity contribution in [2.24, 2.45) is 0 Å². The van der Waals surface area contributed by atoms with Gasteiger partial charge in [0.25, 0.3) is 0 Å². The number of ketones is 1. The zero-order valence-electron chi connectivity index (χ0n) is 19.3. The molecule has 1 aliphatic heterocycles. The van der Waals surface area contributed by atoms with Gasteiger partial charge < -0.3 is 10.1 Å². The zero-order chi connectivity index (χ0) is 24.7. The van der Waals surface area contributed by atoms with Gasteiger partial charge in [-0.1, -0.05) is 18.2 Å². The van der Waals surface area contributed by atoms with Gasteiger partial charge in [0.05, 0.1) is 11.1 Å². The van der Waals surface area contributed by atoms with E-state index in [0.29, 0.717) is 35.2 Å². The number of hydrogen-bond donors (Lipinski definition) is 1. The van der Waals surface area contributed by atoms with Gasteiger partial charge in [-0.3, -0.25) is 4.79 Å². The van der Waals surface area contributed by atoms with Crippen molar-refractivity contribution < 1.29 is 27.5 Å². The number of nitrogens with one attached hydrogen (secondary N) is 1. The fraction of sp³-hybridized carbons (Fsp3) is 0.407. The Hall–Kier alpha value is -2.87. The first kappa shape index (κ1) is 23.9. The molecule has 2 heterocycles. The van der Waals surface area contributed by atoms with Crippen molar-refractivity contribution in [3.05, 3.63) is 80.3 Å². The molecule has 0 unspecified atom stereocenters. The molecule has 4 nitrogen and oxygen atoms in total. The molecule has 2 aromatic rings. The largest absolute Gasteiger partial charge is 0.459 e. The number of benzene rings is 1. The molecular weight excluding hydrogens is 475 g/mol. The van der Waals surface area contributed by atoms with Crippen LogP contribution in [0.2, 0.25) is 0 Å². The molecular formula is C27H26F3NO3S. The summed E-state index contributed by atoms with van der Waals surface area (Å²) in [7, 11) is 0. The number of thiophene rings is 1. The molecule has 1 saturated carbocycles. The number of rotatable bonds is 4. The van der Waals surface area contributed by atoms with E-state index in [-0.39, 0.29) is 17.8 Å². The third-order valence-corrected chi connectivity index (χ3v) is 8.18. The van der Waals surface area contributed by atoms with Crippen molar-refractivity contribution in [2.75, 3.05) is 0 Å². The fourth-order valence-electron chi connectivity index (χ4n) is 5.45. The Balaban J connectivity index is 1.55. The highest BCUT2D eigenvalue weighted by atomic mass is 32.1. The quantitative estimate of drug-likeness (QED) is 0.479. The second-order valence-corrected chi connectivity index (χ2v) is 10.4. The first-order chi connectivity index (χ1) is 16.7. The molecule has 1 fully saturated rings. The number of allylic oxidation sites excluding steroid dienone is 3. The van der Waals surface area contributed by atoms with Crippen LogP contribution in [0.4, 0.5) is 13.2 Å². The van der Waals surface area contributed by atoms with Gasteiger partial charge in [-0.2, -0.15) is 13.2 Å². The molecule has 35 heavy (non-hydrogen) atoms. The van der Waals surface area contributed by atoms with Gasteiger partial charge in [0.1, 0.15) is 6.10 Å². The molecule has 1 N–H and O–H groups in total. The molecule has 0 spiro atoms. The lowest BCUT2D eigenvalue weighted by molar-refractivity contribution is -0.144. The Morgan fingerprint density at radius 1 is 1.09 bits per heavy atom. The lowest BCUT2D eigenvalue weighted by Gasteiger charge is -2.36. The Morgan fingerprint density at radius 3 is 2.43 bits per heavy atom. The van der Waals surface area contributed by atoms with Gasteiger partial charge in [0.2, 0.25) is 0 Å². The summed E-state index contributed by atoms with van der Waals surface area (Å²) in [4.78, 5) is 28.0. The van der Waals surface area contributed by atoms with Crippen LogP contribution >= 0.6 is 11.3 Å². The molecule has 184 valence electrons. The standard InChI is InChI=1S/C27H26F3NO3S/c1-15-23(26(33)34-19-5-2-3-6-19)24(16-8-10-18(11-9-16)27(28,29)30)25-20(31-15)13-17(14-21(25)32)22-7-4-12-35-22/h4,7-12,17,19,24,31H,2-3,5-6,13-14H2,1H3/t17-,24-/m0/s1. The third-order valence-electron chi connectivity index (χ3n) is 7.14. The molecule has 0 bridgehead atoms. The van der Waals surface area contributed by atoms with E-state index < -0.39 is 23.6 Å². The summed E-state index contributed by atoms with van der Waals surface area (Å²) < 4.78 is 45.4. The number of hydrogen-bond acceptors (Lipinski definition) is 5. The summed E-state index contributed by atoms with van der Waals surface area (Å²) in [5, 5.41) is 5.27. The van der Waals surface area contributed by atoms with Gasteiger partial charge >= 0.3 is 12.1 Å². The van der Waals surface area contributed by atoms with Crippen LogP contribution in [-0.2, 0) is 20.5 Å². The lowest BCUT2D eigenvalue weighted by atomic mass is 9.72. The van der Waals surface area contributed by atoms with Crippen LogP contribution in [0.15, 0.2) is 64.3 Å². The number of dihydropyridines is 1. The number of esters is 1. The third kappa shape index (κ3) is 4.68. The maximum Gasteiger partial charge on any atom is 0.416 e. The van der Waals surface area contributed by atoms with Crippen LogP contribution in [0.5, 0.6) is 0 Å². The van der Waals surface area contributed by atoms with Crippen LogP contribution < -0.4 is 5.32 Å². The van der Waals surface area contributed by atoms with Crippen molar-refractivity contribution in [3.8, 4) is 0 Å². The summed E-state index contributed by atoms with van der Waals surface area (Å²) in [6, 6.07) is 8.73. The molecule has 2 atom stereocenters. The summed E-state index contributed by atoms with van der Waals surface area (Å²) in [5.74, 6) is -1.34. The first-order valence-corrected chi connectivity index (χ1v) is 12.8. The zero-order valence-corrected chi connectivity index (χ0v) is 20.1. The number of Topliss-reactive ketones (excluding diaryl/α,β-unsaturated/α-hetero) is 1. The predicted molar refractivity (Wildman–Crippen MR) is 127 cm³/mol. The maximum absolute atomic E-state index is 13.5. The van der Waals surface area contributed by atoms with Gasteiger partial charge in [0, 0.05) is 40.1 Å². The van der Waals surface area contributed by atoms with Crippen molar-refractivity contribution in [1.82, 2.24) is 5.32 Å². The van der Waals surface area contributed by atoms with E-state index in [4.69, 9.17) is 4.74 Å². The van der Waals surface area contributed by atoms with Crippen LogP contribution in [0.3, 0.4) is 0 Å². The molecule has 1 aromatic heterocycles.